The van der Waals surface area contributed by atoms with Gasteiger partial charge in [-0.05, 0) is 42.8 Å². The Hall–Kier alpha value is -1.34. The first-order valence-electron chi connectivity index (χ1n) is 6.55. The molecule has 1 atom stereocenters. The van der Waals surface area contributed by atoms with Crippen LogP contribution in [0.15, 0.2) is 41.3 Å². The molecule has 0 aliphatic heterocycles. The molecule has 23 heavy (non-hydrogen) atoms. The molecule has 0 spiro atoms. The van der Waals surface area contributed by atoms with Crippen LogP contribution in [0, 0.1) is 5.82 Å². The fourth-order valence-electron chi connectivity index (χ4n) is 2.00. The summed E-state index contributed by atoms with van der Waals surface area (Å²) in [6, 6.07) is 7.70. The van der Waals surface area contributed by atoms with E-state index in [1.165, 1.54) is 37.4 Å². The minimum absolute atomic E-state index is 0.0509. The lowest BCUT2D eigenvalue weighted by Crippen LogP contribution is -2.27. The predicted molar refractivity (Wildman–Crippen MR) is 88.2 cm³/mol. The van der Waals surface area contributed by atoms with Gasteiger partial charge in [-0.15, -0.1) is 0 Å². The van der Waals surface area contributed by atoms with Gasteiger partial charge in [0.25, 0.3) is 0 Å². The third kappa shape index (κ3) is 4.14. The average Bonchev–Trinajstić information content (AvgIpc) is 2.49. The molecule has 0 saturated heterocycles. The number of ether oxygens (including phenoxy) is 1. The molecule has 0 unspecified atom stereocenters. The Balaban J connectivity index is 2.29. The Morgan fingerprint density at radius 1 is 1.17 bits per heavy atom. The minimum Gasteiger partial charge on any atom is -0.494 e. The van der Waals surface area contributed by atoms with Gasteiger partial charge in [0, 0.05) is 11.1 Å². The quantitative estimate of drug-likeness (QED) is 0.849. The van der Waals surface area contributed by atoms with Crippen molar-refractivity contribution in [3.8, 4) is 5.75 Å². The van der Waals surface area contributed by atoms with Crippen LogP contribution >= 0.6 is 23.2 Å². The number of sulfonamides is 1. The average molecular weight is 378 g/mol. The first-order chi connectivity index (χ1) is 10.7. The summed E-state index contributed by atoms with van der Waals surface area (Å²) in [5.74, 6) is -0.487. The van der Waals surface area contributed by atoms with Gasteiger partial charge in [0.05, 0.1) is 12.1 Å². The molecule has 0 fully saturated rings. The van der Waals surface area contributed by atoms with E-state index >= 15 is 0 Å². The van der Waals surface area contributed by atoms with E-state index in [1.54, 1.807) is 13.0 Å². The van der Waals surface area contributed by atoms with Crippen molar-refractivity contribution in [1.29, 1.82) is 0 Å². The fourth-order valence-corrected chi connectivity index (χ4v) is 3.99. The van der Waals surface area contributed by atoms with Crippen LogP contribution < -0.4 is 9.46 Å². The van der Waals surface area contributed by atoms with Crippen molar-refractivity contribution in [2.24, 2.45) is 0 Å². The van der Waals surface area contributed by atoms with Crippen molar-refractivity contribution < 1.29 is 17.5 Å². The zero-order valence-electron chi connectivity index (χ0n) is 12.3. The lowest BCUT2D eigenvalue weighted by molar-refractivity contribution is 0.386. The summed E-state index contributed by atoms with van der Waals surface area (Å²) < 4.78 is 45.9. The van der Waals surface area contributed by atoms with Crippen LogP contribution in [0.25, 0.3) is 0 Å². The normalized spacial score (nSPS) is 12.9. The second kappa shape index (κ2) is 7.05. The summed E-state index contributed by atoms with van der Waals surface area (Å²) in [7, 11) is -2.56. The van der Waals surface area contributed by atoms with E-state index in [0.29, 0.717) is 5.56 Å². The van der Waals surface area contributed by atoms with E-state index in [1.807, 2.05) is 0 Å². The molecule has 8 heteroatoms. The minimum atomic E-state index is -3.91. The van der Waals surface area contributed by atoms with E-state index in [2.05, 4.69) is 4.72 Å². The molecule has 0 amide bonds. The van der Waals surface area contributed by atoms with Gasteiger partial charge in [-0.25, -0.2) is 17.5 Å². The van der Waals surface area contributed by atoms with Gasteiger partial charge < -0.3 is 4.74 Å². The van der Waals surface area contributed by atoms with Crippen LogP contribution in [0.2, 0.25) is 10.0 Å². The second-order valence-electron chi connectivity index (χ2n) is 4.81. The highest BCUT2D eigenvalue weighted by Crippen LogP contribution is 2.27. The molecule has 2 rings (SSSR count). The molecular weight excluding hydrogens is 364 g/mol. The Kier molecular flexibility index (Phi) is 5.52. The molecule has 0 radical (unpaired) electrons. The van der Waals surface area contributed by atoms with Gasteiger partial charge in [-0.2, -0.15) is 0 Å². The summed E-state index contributed by atoms with van der Waals surface area (Å²) in [5, 5.41) is 0.299. The smallest absolute Gasteiger partial charge is 0.242 e. The van der Waals surface area contributed by atoms with Gasteiger partial charge in [0.2, 0.25) is 10.0 Å². The van der Waals surface area contributed by atoms with Gasteiger partial charge >= 0.3 is 0 Å². The molecule has 0 aliphatic rings. The highest BCUT2D eigenvalue weighted by atomic mass is 35.5. The maximum absolute atomic E-state index is 13.7. The van der Waals surface area contributed by atoms with Gasteiger partial charge in [0.1, 0.15) is 4.90 Å². The number of benzene rings is 2. The van der Waals surface area contributed by atoms with Crippen LogP contribution in [0.1, 0.15) is 18.5 Å². The zero-order chi connectivity index (χ0) is 17.2. The van der Waals surface area contributed by atoms with Crippen molar-refractivity contribution >= 4 is 33.2 Å². The van der Waals surface area contributed by atoms with Crippen molar-refractivity contribution in [3.05, 3.63) is 57.8 Å². The Morgan fingerprint density at radius 3 is 2.48 bits per heavy atom. The number of methoxy groups -OCH3 is 1. The molecule has 1 N–H and O–H groups in total. The number of hydrogen-bond donors (Lipinski definition) is 1. The highest BCUT2D eigenvalue weighted by molar-refractivity contribution is 7.89. The second-order valence-corrected chi connectivity index (χ2v) is 7.34. The largest absolute Gasteiger partial charge is 0.494 e. The molecule has 0 aromatic heterocycles. The molecule has 0 heterocycles. The third-order valence-corrected chi connectivity index (χ3v) is 5.45. The summed E-state index contributed by atoms with van der Waals surface area (Å²) >= 11 is 11.7. The molecule has 0 saturated carbocycles. The summed E-state index contributed by atoms with van der Waals surface area (Å²) in [5.41, 5.74) is 0.449. The molecule has 124 valence electrons. The Morgan fingerprint density at radius 2 is 1.87 bits per heavy atom. The monoisotopic (exact) mass is 377 g/mol. The van der Waals surface area contributed by atoms with Crippen LogP contribution in [-0.4, -0.2) is 15.5 Å². The topological polar surface area (TPSA) is 55.4 Å². The Bertz CT molecular complexity index is 827. The van der Waals surface area contributed by atoms with Gasteiger partial charge in [-0.3, -0.25) is 0 Å². The first kappa shape index (κ1) is 18.0. The first-order valence-corrected chi connectivity index (χ1v) is 8.79. The van der Waals surface area contributed by atoms with E-state index in [-0.39, 0.29) is 20.7 Å². The van der Waals surface area contributed by atoms with E-state index in [9.17, 15) is 12.8 Å². The number of hydrogen-bond acceptors (Lipinski definition) is 3. The molecular formula is C15H14Cl2FNO3S. The van der Waals surface area contributed by atoms with Crippen molar-refractivity contribution in [2.75, 3.05) is 7.11 Å². The number of rotatable bonds is 5. The van der Waals surface area contributed by atoms with Gasteiger partial charge in [-0.1, -0.05) is 29.3 Å². The summed E-state index contributed by atoms with van der Waals surface area (Å²) in [6.07, 6.45) is 0. The van der Waals surface area contributed by atoms with Crippen LogP contribution in [0.5, 0.6) is 5.75 Å². The molecule has 2 aromatic carbocycles. The lowest BCUT2D eigenvalue weighted by Gasteiger charge is -2.16. The van der Waals surface area contributed by atoms with Crippen LogP contribution in [0.4, 0.5) is 4.39 Å². The maximum Gasteiger partial charge on any atom is 0.242 e. The zero-order valence-corrected chi connectivity index (χ0v) is 14.6. The van der Waals surface area contributed by atoms with E-state index in [0.717, 1.165) is 0 Å². The van der Waals surface area contributed by atoms with Crippen molar-refractivity contribution in [3.63, 3.8) is 0 Å². The molecule has 0 bridgehead atoms. The fraction of sp³-hybridized carbons (Fsp3) is 0.200. The Labute approximate surface area is 144 Å². The summed E-state index contributed by atoms with van der Waals surface area (Å²) in [6.45, 7) is 1.59. The SMILES string of the molecule is COc1ccc([C@H](C)NS(=O)(=O)c2cc(Cl)ccc2Cl)cc1F. The van der Waals surface area contributed by atoms with E-state index in [4.69, 9.17) is 27.9 Å². The lowest BCUT2D eigenvalue weighted by atomic mass is 10.1. The molecule has 4 nitrogen and oxygen atoms in total. The third-order valence-electron chi connectivity index (χ3n) is 3.19. The number of halogens is 3. The predicted octanol–water partition coefficient (Wildman–Crippen LogP) is 4.18. The van der Waals surface area contributed by atoms with Crippen LogP contribution in [-0.2, 0) is 10.0 Å². The standard InChI is InChI=1S/C15H14Cl2FNO3S/c1-9(10-3-6-14(22-2)13(18)7-10)19-23(20,21)15-8-11(16)4-5-12(15)17/h3-9,19H,1-2H3/t9-/m0/s1. The van der Waals surface area contributed by atoms with E-state index < -0.39 is 21.9 Å². The van der Waals surface area contributed by atoms with Crippen LogP contribution in [0.3, 0.4) is 0 Å². The summed E-state index contributed by atoms with van der Waals surface area (Å²) in [4.78, 5) is -0.132. The van der Waals surface area contributed by atoms with Crippen molar-refractivity contribution in [1.82, 2.24) is 4.72 Å². The number of nitrogens with one attached hydrogen (secondary N) is 1. The van der Waals surface area contributed by atoms with Crippen molar-refractivity contribution in [2.45, 2.75) is 17.9 Å². The molecule has 0 aliphatic carbocycles. The maximum atomic E-state index is 13.7. The molecule has 2 aromatic rings. The highest BCUT2D eigenvalue weighted by Gasteiger charge is 2.22. The van der Waals surface area contributed by atoms with Gasteiger partial charge in [0.15, 0.2) is 11.6 Å².